The summed E-state index contributed by atoms with van der Waals surface area (Å²) < 4.78 is 4.76. The fourth-order valence-electron chi connectivity index (χ4n) is 4.04. The van der Waals surface area contributed by atoms with Gasteiger partial charge in [0.25, 0.3) is 5.56 Å². The Hall–Kier alpha value is -2.99. The predicted octanol–water partition coefficient (Wildman–Crippen LogP) is 3.22. The van der Waals surface area contributed by atoms with Gasteiger partial charge >= 0.3 is 5.97 Å². The Morgan fingerprint density at radius 2 is 2.11 bits per heavy atom. The van der Waals surface area contributed by atoms with Crippen LogP contribution < -0.4 is 5.56 Å². The molecule has 0 radical (unpaired) electrons. The molecule has 0 spiro atoms. The van der Waals surface area contributed by atoms with Crippen molar-refractivity contribution in [2.75, 3.05) is 14.2 Å². The number of nitrogens with zero attached hydrogens (tertiary/aromatic N) is 2. The molecule has 28 heavy (non-hydrogen) atoms. The third-order valence-corrected chi connectivity index (χ3v) is 5.45. The van der Waals surface area contributed by atoms with Crippen molar-refractivity contribution in [1.82, 2.24) is 14.9 Å². The molecule has 144 valence electrons. The first-order valence-corrected chi connectivity index (χ1v) is 9.46. The highest BCUT2D eigenvalue weighted by Gasteiger charge is 2.24. The van der Waals surface area contributed by atoms with Crippen LogP contribution in [0.15, 0.2) is 47.3 Å². The molecule has 0 fully saturated rings. The van der Waals surface area contributed by atoms with Crippen molar-refractivity contribution < 1.29 is 9.53 Å². The molecule has 1 aliphatic carbocycles. The molecule has 6 nitrogen and oxygen atoms in total. The lowest BCUT2D eigenvalue weighted by molar-refractivity contribution is 0.0601. The Morgan fingerprint density at radius 1 is 1.29 bits per heavy atom. The zero-order valence-corrected chi connectivity index (χ0v) is 16.1. The number of hydrogen-bond acceptors (Lipinski definition) is 5. The Labute approximate surface area is 163 Å². The number of nitrogens with one attached hydrogen (secondary N) is 1. The summed E-state index contributed by atoms with van der Waals surface area (Å²) in [6, 6.07) is 13.6. The highest BCUT2D eigenvalue weighted by molar-refractivity contribution is 5.93. The Balaban J connectivity index is 1.64. The normalized spacial score (nSPS) is 16.2. The summed E-state index contributed by atoms with van der Waals surface area (Å²) >= 11 is 0. The van der Waals surface area contributed by atoms with Crippen molar-refractivity contribution in [2.45, 2.75) is 31.8 Å². The second-order valence-electron chi connectivity index (χ2n) is 7.26. The maximum atomic E-state index is 12.5. The van der Waals surface area contributed by atoms with Crippen LogP contribution in [0.2, 0.25) is 0 Å². The molecule has 4 rings (SSSR count). The van der Waals surface area contributed by atoms with E-state index in [2.05, 4.69) is 46.2 Å². The summed E-state index contributed by atoms with van der Waals surface area (Å²) in [4.78, 5) is 34.0. The number of aromatic amines is 1. The summed E-state index contributed by atoms with van der Waals surface area (Å²) in [6.45, 7) is 0.520. The van der Waals surface area contributed by atoms with Gasteiger partial charge in [0, 0.05) is 6.04 Å². The standard InChI is InChI=1S/C22H23N3O3/c1-25(19-9-5-7-14-6-3-4-8-16(14)19)13-20-23-18-12-15(22(27)28-2)10-11-17(18)21(26)24-20/h3-4,6,8,10-12,19H,5,7,9,13H2,1-2H3,(H,23,24,26)/t19-/m0/s1. The van der Waals surface area contributed by atoms with Crippen LogP contribution in [-0.2, 0) is 17.7 Å². The first kappa shape index (κ1) is 18.4. The number of fused-ring (bicyclic) bond motifs is 2. The molecule has 0 aliphatic heterocycles. The average Bonchev–Trinajstić information content (AvgIpc) is 2.72. The highest BCUT2D eigenvalue weighted by Crippen LogP contribution is 2.33. The van der Waals surface area contributed by atoms with Gasteiger partial charge in [-0.25, -0.2) is 9.78 Å². The Bertz CT molecular complexity index is 1090. The summed E-state index contributed by atoms with van der Waals surface area (Å²) in [5.74, 6) is 0.145. The van der Waals surface area contributed by atoms with E-state index in [1.165, 1.54) is 18.2 Å². The van der Waals surface area contributed by atoms with E-state index in [0.717, 1.165) is 19.3 Å². The first-order valence-electron chi connectivity index (χ1n) is 9.46. The molecule has 0 bridgehead atoms. The summed E-state index contributed by atoms with van der Waals surface area (Å²) in [6.07, 6.45) is 3.34. The SMILES string of the molecule is COC(=O)c1ccc2c(=O)[nH]c(CN(C)[C@H]3CCCc4ccccc43)nc2c1. The van der Waals surface area contributed by atoms with Gasteiger partial charge in [-0.05, 0) is 55.6 Å². The fraction of sp³-hybridized carbons (Fsp3) is 0.318. The molecule has 0 unspecified atom stereocenters. The minimum absolute atomic E-state index is 0.200. The summed E-state index contributed by atoms with van der Waals surface area (Å²) in [7, 11) is 3.39. The predicted molar refractivity (Wildman–Crippen MR) is 107 cm³/mol. The number of ether oxygens (including phenoxy) is 1. The number of aromatic nitrogens is 2. The lowest BCUT2D eigenvalue weighted by atomic mass is 9.87. The van der Waals surface area contributed by atoms with E-state index in [1.807, 2.05) is 0 Å². The Kier molecular flexibility index (Phi) is 4.96. The monoisotopic (exact) mass is 377 g/mol. The van der Waals surface area contributed by atoms with E-state index in [1.54, 1.807) is 18.2 Å². The molecule has 1 heterocycles. The van der Waals surface area contributed by atoms with Crippen LogP contribution in [0.3, 0.4) is 0 Å². The van der Waals surface area contributed by atoms with E-state index in [-0.39, 0.29) is 5.56 Å². The lowest BCUT2D eigenvalue weighted by Gasteiger charge is -2.33. The number of aryl methyl sites for hydroxylation is 1. The van der Waals surface area contributed by atoms with Gasteiger partial charge < -0.3 is 9.72 Å². The number of H-pyrrole nitrogens is 1. The van der Waals surface area contributed by atoms with Crippen LogP contribution >= 0.6 is 0 Å². The molecule has 2 aromatic carbocycles. The third-order valence-electron chi connectivity index (χ3n) is 5.45. The largest absolute Gasteiger partial charge is 0.465 e. The molecule has 0 amide bonds. The third kappa shape index (κ3) is 3.43. The molecule has 1 atom stereocenters. The molecule has 3 aromatic rings. The number of carbonyl (C=O) groups excluding carboxylic acids is 1. The van der Waals surface area contributed by atoms with E-state index in [0.29, 0.717) is 34.9 Å². The number of hydrogen-bond donors (Lipinski definition) is 1. The molecule has 0 saturated carbocycles. The van der Waals surface area contributed by atoms with Crippen LogP contribution in [0.4, 0.5) is 0 Å². The lowest BCUT2D eigenvalue weighted by Crippen LogP contribution is -2.29. The van der Waals surface area contributed by atoms with Crippen LogP contribution in [-0.4, -0.2) is 35.0 Å². The Morgan fingerprint density at radius 3 is 2.93 bits per heavy atom. The molecule has 1 aliphatic rings. The zero-order chi connectivity index (χ0) is 19.7. The minimum Gasteiger partial charge on any atom is -0.465 e. The van der Waals surface area contributed by atoms with Crippen molar-refractivity contribution in [2.24, 2.45) is 0 Å². The highest BCUT2D eigenvalue weighted by atomic mass is 16.5. The van der Waals surface area contributed by atoms with Crippen molar-refractivity contribution in [3.63, 3.8) is 0 Å². The van der Waals surface area contributed by atoms with E-state index in [4.69, 9.17) is 4.74 Å². The number of benzene rings is 2. The van der Waals surface area contributed by atoms with Crippen LogP contribution in [0, 0.1) is 0 Å². The van der Waals surface area contributed by atoms with Gasteiger partial charge in [0.05, 0.1) is 30.1 Å². The number of methoxy groups -OCH3 is 1. The molecule has 1 aromatic heterocycles. The molecule has 6 heteroatoms. The van der Waals surface area contributed by atoms with E-state index >= 15 is 0 Å². The maximum Gasteiger partial charge on any atom is 0.337 e. The van der Waals surface area contributed by atoms with Gasteiger partial charge in [0.1, 0.15) is 5.82 Å². The van der Waals surface area contributed by atoms with Crippen molar-refractivity contribution in [3.8, 4) is 0 Å². The second-order valence-corrected chi connectivity index (χ2v) is 7.26. The summed E-state index contributed by atoms with van der Waals surface area (Å²) in [5, 5.41) is 0.460. The molecule has 1 N–H and O–H groups in total. The average molecular weight is 377 g/mol. The second kappa shape index (κ2) is 7.56. The van der Waals surface area contributed by atoms with Gasteiger partial charge in [-0.2, -0.15) is 0 Å². The molecular formula is C22H23N3O3. The van der Waals surface area contributed by atoms with Crippen molar-refractivity contribution in [3.05, 3.63) is 75.3 Å². The molecular weight excluding hydrogens is 354 g/mol. The summed E-state index contributed by atoms with van der Waals surface area (Å²) in [5.41, 5.74) is 3.43. The zero-order valence-electron chi connectivity index (χ0n) is 16.1. The van der Waals surface area contributed by atoms with Gasteiger partial charge in [-0.3, -0.25) is 9.69 Å². The van der Waals surface area contributed by atoms with Crippen molar-refractivity contribution in [1.29, 1.82) is 0 Å². The topological polar surface area (TPSA) is 75.3 Å². The van der Waals surface area contributed by atoms with Gasteiger partial charge in [-0.15, -0.1) is 0 Å². The van der Waals surface area contributed by atoms with Gasteiger partial charge in [-0.1, -0.05) is 24.3 Å². The smallest absolute Gasteiger partial charge is 0.337 e. The number of carbonyl (C=O) groups is 1. The number of esters is 1. The van der Waals surface area contributed by atoms with Gasteiger partial charge in [0.15, 0.2) is 0 Å². The van der Waals surface area contributed by atoms with E-state index in [9.17, 15) is 9.59 Å². The van der Waals surface area contributed by atoms with Gasteiger partial charge in [0.2, 0.25) is 0 Å². The van der Waals surface area contributed by atoms with Crippen LogP contribution in [0.1, 0.15) is 46.2 Å². The van der Waals surface area contributed by atoms with E-state index < -0.39 is 5.97 Å². The number of rotatable bonds is 4. The fourth-order valence-corrected chi connectivity index (χ4v) is 4.04. The van der Waals surface area contributed by atoms with Crippen molar-refractivity contribution >= 4 is 16.9 Å². The van der Waals surface area contributed by atoms with Crippen LogP contribution in [0.25, 0.3) is 10.9 Å². The minimum atomic E-state index is -0.443. The quantitative estimate of drug-likeness (QED) is 0.707. The maximum absolute atomic E-state index is 12.5. The molecule has 0 saturated heterocycles. The first-order chi connectivity index (χ1) is 13.6. The van der Waals surface area contributed by atoms with Crippen LogP contribution in [0.5, 0.6) is 0 Å².